The maximum Gasteiger partial charge on any atom is 0.0414 e. The topological polar surface area (TPSA) is 24.4 Å². The summed E-state index contributed by atoms with van der Waals surface area (Å²) in [5.74, 6) is 0.741. The second-order valence-corrected chi connectivity index (χ2v) is 5.90. The van der Waals surface area contributed by atoms with Crippen LogP contribution < -0.4 is 5.43 Å². The quantitative estimate of drug-likeness (QED) is 0.559. The Morgan fingerprint density at radius 1 is 1.20 bits per heavy atom. The third-order valence-electron chi connectivity index (χ3n) is 3.04. The van der Waals surface area contributed by atoms with Gasteiger partial charge >= 0.3 is 0 Å². The summed E-state index contributed by atoms with van der Waals surface area (Å²) < 4.78 is 0. The van der Waals surface area contributed by atoms with Gasteiger partial charge in [0.25, 0.3) is 0 Å². The molecule has 0 aromatic carbocycles. The van der Waals surface area contributed by atoms with Crippen LogP contribution in [0.5, 0.6) is 0 Å². The van der Waals surface area contributed by atoms with Crippen LogP contribution in [-0.2, 0) is 0 Å². The molecule has 0 saturated heterocycles. The maximum absolute atomic E-state index is 4.50. The molecule has 1 aliphatic rings. The highest BCUT2D eigenvalue weighted by Crippen LogP contribution is 2.30. The minimum Gasteiger partial charge on any atom is -0.313 e. The fraction of sp³-hybridized carbons (Fsp3) is 0.923. The second kappa shape index (κ2) is 5.53. The molecule has 0 aromatic rings. The third kappa shape index (κ3) is 4.67. The molecule has 1 saturated carbocycles. The lowest BCUT2D eigenvalue weighted by Gasteiger charge is -2.27. The van der Waals surface area contributed by atoms with E-state index < -0.39 is 0 Å². The van der Waals surface area contributed by atoms with Gasteiger partial charge in [0.1, 0.15) is 0 Å². The lowest BCUT2D eigenvalue weighted by atomic mass is 9.79. The molecular formula is C13H26N2. The van der Waals surface area contributed by atoms with Crippen LogP contribution in [0.1, 0.15) is 59.3 Å². The van der Waals surface area contributed by atoms with Gasteiger partial charge in [-0.05, 0) is 30.6 Å². The Balaban J connectivity index is 2.60. The lowest BCUT2D eigenvalue weighted by Crippen LogP contribution is -2.25. The zero-order chi connectivity index (χ0) is 11.3. The number of hydrogen-bond donors (Lipinski definition) is 1. The van der Waals surface area contributed by atoms with E-state index in [0.717, 1.165) is 12.3 Å². The standard InChI is InChI=1S/C13H26N2/c1-13(2,3)10-12(15-14-4)11-8-6-5-7-9-11/h11,14H,5-10H2,1-4H3/b15-12-. The third-order valence-corrected chi connectivity index (χ3v) is 3.04. The molecule has 1 N–H and O–H groups in total. The van der Waals surface area contributed by atoms with Crippen LogP contribution in [0.4, 0.5) is 0 Å². The molecule has 1 fully saturated rings. The smallest absolute Gasteiger partial charge is 0.0414 e. The van der Waals surface area contributed by atoms with E-state index in [1.54, 1.807) is 0 Å². The minimum absolute atomic E-state index is 0.354. The Hall–Kier alpha value is -0.530. The highest BCUT2D eigenvalue weighted by atomic mass is 15.3. The van der Waals surface area contributed by atoms with E-state index in [9.17, 15) is 0 Å². The molecule has 0 atom stereocenters. The average molecular weight is 210 g/mol. The molecule has 2 heteroatoms. The molecule has 0 amide bonds. The van der Waals surface area contributed by atoms with Crippen molar-refractivity contribution in [3.63, 3.8) is 0 Å². The highest BCUT2D eigenvalue weighted by molar-refractivity contribution is 5.87. The van der Waals surface area contributed by atoms with Crippen molar-refractivity contribution in [2.45, 2.75) is 59.3 Å². The van der Waals surface area contributed by atoms with E-state index >= 15 is 0 Å². The van der Waals surface area contributed by atoms with Crippen LogP contribution in [0.25, 0.3) is 0 Å². The van der Waals surface area contributed by atoms with E-state index in [1.165, 1.54) is 37.8 Å². The zero-order valence-corrected chi connectivity index (χ0v) is 10.8. The first-order valence-electron chi connectivity index (χ1n) is 6.26. The van der Waals surface area contributed by atoms with Crippen LogP contribution in [0.3, 0.4) is 0 Å². The summed E-state index contributed by atoms with van der Waals surface area (Å²) in [4.78, 5) is 0. The van der Waals surface area contributed by atoms with Gasteiger partial charge in [0.15, 0.2) is 0 Å². The monoisotopic (exact) mass is 210 g/mol. The predicted molar refractivity (Wildman–Crippen MR) is 67.1 cm³/mol. The van der Waals surface area contributed by atoms with Gasteiger partial charge in [-0.2, -0.15) is 5.10 Å². The zero-order valence-electron chi connectivity index (χ0n) is 10.8. The predicted octanol–water partition coefficient (Wildman–Crippen LogP) is 3.58. The maximum atomic E-state index is 4.50. The van der Waals surface area contributed by atoms with Gasteiger partial charge in [-0.1, -0.05) is 40.0 Å². The van der Waals surface area contributed by atoms with Gasteiger partial charge in [0.05, 0.1) is 0 Å². The molecule has 15 heavy (non-hydrogen) atoms. The number of hydrazone groups is 1. The van der Waals surface area contributed by atoms with E-state index in [0.29, 0.717) is 5.41 Å². The van der Waals surface area contributed by atoms with Crippen LogP contribution >= 0.6 is 0 Å². The van der Waals surface area contributed by atoms with E-state index in [-0.39, 0.29) is 0 Å². The van der Waals surface area contributed by atoms with E-state index in [4.69, 9.17) is 0 Å². The molecule has 0 bridgehead atoms. The number of nitrogens with zero attached hydrogens (tertiary/aromatic N) is 1. The molecule has 0 aromatic heterocycles. The van der Waals surface area contributed by atoms with Gasteiger partial charge in [-0.25, -0.2) is 0 Å². The fourth-order valence-corrected chi connectivity index (χ4v) is 2.40. The van der Waals surface area contributed by atoms with Crippen LogP contribution in [0.2, 0.25) is 0 Å². The Morgan fingerprint density at radius 2 is 1.80 bits per heavy atom. The number of nitrogens with one attached hydrogen (secondary N) is 1. The Morgan fingerprint density at radius 3 is 2.27 bits per heavy atom. The molecule has 0 unspecified atom stereocenters. The molecule has 0 radical (unpaired) electrons. The van der Waals surface area contributed by atoms with Crippen molar-refractivity contribution < 1.29 is 0 Å². The first-order valence-corrected chi connectivity index (χ1v) is 6.26. The van der Waals surface area contributed by atoms with Crippen molar-refractivity contribution in [1.29, 1.82) is 0 Å². The summed E-state index contributed by atoms with van der Waals surface area (Å²) in [6.45, 7) is 6.88. The minimum atomic E-state index is 0.354. The molecule has 0 aliphatic heterocycles. The largest absolute Gasteiger partial charge is 0.313 e. The van der Waals surface area contributed by atoms with Gasteiger partial charge < -0.3 is 5.43 Å². The van der Waals surface area contributed by atoms with Gasteiger partial charge in [-0.3, -0.25) is 0 Å². The molecule has 0 heterocycles. The normalized spacial score (nSPS) is 20.4. The van der Waals surface area contributed by atoms with Gasteiger partial charge in [-0.15, -0.1) is 0 Å². The molecule has 0 spiro atoms. The number of hydrogen-bond acceptors (Lipinski definition) is 2. The SMILES string of the molecule is CN/N=C(/CC(C)(C)C)C1CCCCC1. The summed E-state index contributed by atoms with van der Waals surface area (Å²) in [6.07, 6.45) is 8.00. The van der Waals surface area contributed by atoms with Gasteiger partial charge in [0.2, 0.25) is 0 Å². The summed E-state index contributed by atoms with van der Waals surface area (Å²) in [7, 11) is 1.91. The fourth-order valence-electron chi connectivity index (χ4n) is 2.40. The molecular weight excluding hydrogens is 184 g/mol. The molecule has 88 valence electrons. The second-order valence-electron chi connectivity index (χ2n) is 5.90. The van der Waals surface area contributed by atoms with Crippen molar-refractivity contribution in [1.82, 2.24) is 5.43 Å². The average Bonchev–Trinajstić information content (AvgIpc) is 2.17. The van der Waals surface area contributed by atoms with Crippen molar-refractivity contribution in [2.75, 3.05) is 7.05 Å². The van der Waals surface area contributed by atoms with Gasteiger partial charge in [0, 0.05) is 12.8 Å². The summed E-state index contributed by atoms with van der Waals surface area (Å²) in [5.41, 5.74) is 4.72. The summed E-state index contributed by atoms with van der Waals surface area (Å²) >= 11 is 0. The lowest BCUT2D eigenvalue weighted by molar-refractivity contribution is 0.392. The summed E-state index contributed by atoms with van der Waals surface area (Å²) in [6, 6.07) is 0. The Kier molecular flexibility index (Phi) is 4.62. The first-order chi connectivity index (χ1) is 7.03. The van der Waals surface area contributed by atoms with Crippen molar-refractivity contribution >= 4 is 5.71 Å². The molecule has 2 nitrogen and oxygen atoms in total. The summed E-state index contributed by atoms with van der Waals surface area (Å²) in [5, 5.41) is 4.50. The van der Waals surface area contributed by atoms with Crippen LogP contribution in [0, 0.1) is 11.3 Å². The highest BCUT2D eigenvalue weighted by Gasteiger charge is 2.23. The van der Waals surface area contributed by atoms with E-state index in [1.807, 2.05) is 7.05 Å². The van der Waals surface area contributed by atoms with Crippen molar-refractivity contribution in [3.05, 3.63) is 0 Å². The van der Waals surface area contributed by atoms with Crippen LogP contribution in [-0.4, -0.2) is 12.8 Å². The van der Waals surface area contributed by atoms with Crippen molar-refractivity contribution in [3.8, 4) is 0 Å². The Bertz CT molecular complexity index is 207. The van der Waals surface area contributed by atoms with E-state index in [2.05, 4.69) is 31.3 Å². The van der Waals surface area contributed by atoms with Crippen LogP contribution in [0.15, 0.2) is 5.10 Å². The molecule has 1 aliphatic carbocycles. The Labute approximate surface area is 94.5 Å². The first kappa shape index (κ1) is 12.5. The van der Waals surface area contributed by atoms with Crippen molar-refractivity contribution in [2.24, 2.45) is 16.4 Å². The number of rotatable bonds is 3. The molecule has 1 rings (SSSR count).